The molecule has 1 saturated heterocycles. The molecule has 0 spiro atoms. The van der Waals surface area contributed by atoms with E-state index in [2.05, 4.69) is 29.6 Å². The molecule has 1 unspecified atom stereocenters. The molecule has 0 radical (unpaired) electrons. The topological polar surface area (TPSA) is 95.9 Å². The Labute approximate surface area is 200 Å². The maximum atomic E-state index is 13.0. The Hall–Kier alpha value is -3.35. The Balaban J connectivity index is 1.40. The number of hydrogen-bond acceptors (Lipinski definition) is 4. The third-order valence-corrected chi connectivity index (χ3v) is 7.25. The van der Waals surface area contributed by atoms with Gasteiger partial charge in [0.1, 0.15) is 12.1 Å². The molecule has 7 nitrogen and oxygen atoms in total. The number of carboxylic acid groups (broad SMARTS) is 1. The van der Waals surface area contributed by atoms with Crippen LogP contribution in [0.15, 0.2) is 48.5 Å². The van der Waals surface area contributed by atoms with Gasteiger partial charge in [-0.15, -0.1) is 0 Å². The summed E-state index contributed by atoms with van der Waals surface area (Å²) < 4.78 is 5.64. The molecule has 2 atom stereocenters. The zero-order chi connectivity index (χ0) is 24.5. The molecule has 0 aromatic heterocycles. The molecule has 1 aliphatic heterocycles. The quantitative estimate of drug-likeness (QED) is 0.633. The van der Waals surface area contributed by atoms with Gasteiger partial charge in [-0.25, -0.2) is 9.59 Å². The summed E-state index contributed by atoms with van der Waals surface area (Å²) in [5.74, 6) is -1.33. The normalized spacial score (nSPS) is 20.1. The first kappa shape index (κ1) is 23.8. The standard InChI is InChI=1S/C27H32N2O5/c1-17(2)23(15-24(30)29-14-8-13-27(29,3)25(31)32)28-26(33)34-16-22-20-11-6-4-9-18(20)19-10-5-7-12-21(19)22/h4-7,9-12,17,22-23H,8,13-16H2,1-3H3,(H,28,33)(H,31,32)/t23?,27-/m1/s1. The first-order valence-corrected chi connectivity index (χ1v) is 11.9. The Morgan fingerprint density at radius 3 is 2.24 bits per heavy atom. The fraction of sp³-hybridized carbons (Fsp3) is 0.444. The van der Waals surface area contributed by atoms with E-state index >= 15 is 0 Å². The van der Waals surface area contributed by atoms with Gasteiger partial charge in [-0.3, -0.25) is 4.79 Å². The number of carbonyl (C=O) groups is 3. The highest BCUT2D eigenvalue weighted by molar-refractivity contribution is 5.88. The second kappa shape index (κ2) is 9.49. The summed E-state index contributed by atoms with van der Waals surface area (Å²) >= 11 is 0. The second-order valence-electron chi connectivity index (χ2n) is 9.75. The van der Waals surface area contributed by atoms with Crippen LogP contribution in [-0.2, 0) is 14.3 Å². The number of benzene rings is 2. The number of rotatable bonds is 7. The van der Waals surface area contributed by atoms with Gasteiger partial charge in [0, 0.05) is 24.9 Å². The lowest BCUT2D eigenvalue weighted by Gasteiger charge is -2.33. The van der Waals surface area contributed by atoms with Crippen molar-refractivity contribution in [2.75, 3.05) is 13.2 Å². The van der Waals surface area contributed by atoms with E-state index in [0.717, 1.165) is 22.3 Å². The number of aliphatic carboxylic acids is 1. The minimum atomic E-state index is -1.19. The van der Waals surface area contributed by atoms with Crippen LogP contribution in [0.2, 0.25) is 0 Å². The smallest absolute Gasteiger partial charge is 0.407 e. The molecule has 1 fully saturated rings. The van der Waals surface area contributed by atoms with Crippen molar-refractivity contribution in [3.8, 4) is 11.1 Å². The van der Waals surface area contributed by atoms with Crippen LogP contribution < -0.4 is 5.32 Å². The van der Waals surface area contributed by atoms with Gasteiger partial charge in [0.05, 0.1) is 0 Å². The zero-order valence-corrected chi connectivity index (χ0v) is 19.9. The van der Waals surface area contributed by atoms with Crippen molar-refractivity contribution in [1.29, 1.82) is 0 Å². The second-order valence-corrected chi connectivity index (χ2v) is 9.75. The number of nitrogens with zero attached hydrogens (tertiary/aromatic N) is 1. The van der Waals surface area contributed by atoms with Gasteiger partial charge in [0.2, 0.25) is 5.91 Å². The highest BCUT2D eigenvalue weighted by Gasteiger charge is 2.46. The average Bonchev–Trinajstić information content (AvgIpc) is 3.36. The molecule has 2 aromatic rings. The summed E-state index contributed by atoms with van der Waals surface area (Å²) in [5, 5.41) is 12.5. The largest absolute Gasteiger partial charge is 0.480 e. The van der Waals surface area contributed by atoms with Crippen molar-refractivity contribution >= 4 is 18.0 Å². The van der Waals surface area contributed by atoms with Gasteiger partial charge in [0.15, 0.2) is 0 Å². The Morgan fingerprint density at radius 2 is 1.68 bits per heavy atom. The number of amides is 2. The Bertz CT molecular complexity index is 1050. The summed E-state index contributed by atoms with van der Waals surface area (Å²) in [7, 11) is 0. The number of likely N-dealkylation sites (tertiary alicyclic amines) is 1. The summed E-state index contributed by atoms with van der Waals surface area (Å²) in [4.78, 5) is 38.9. The molecule has 1 aliphatic carbocycles. The first-order chi connectivity index (χ1) is 16.2. The van der Waals surface area contributed by atoms with Gasteiger partial charge < -0.3 is 20.1 Å². The monoisotopic (exact) mass is 464 g/mol. The van der Waals surface area contributed by atoms with Crippen LogP contribution in [0.3, 0.4) is 0 Å². The van der Waals surface area contributed by atoms with Crippen LogP contribution in [0.4, 0.5) is 4.79 Å². The predicted molar refractivity (Wildman–Crippen MR) is 128 cm³/mol. The van der Waals surface area contributed by atoms with E-state index in [1.807, 2.05) is 38.1 Å². The van der Waals surface area contributed by atoms with Crippen LogP contribution >= 0.6 is 0 Å². The number of nitrogens with one attached hydrogen (secondary N) is 1. The number of carbonyl (C=O) groups excluding carboxylic acids is 2. The van der Waals surface area contributed by atoms with Gasteiger partial charge in [0.25, 0.3) is 0 Å². The van der Waals surface area contributed by atoms with Crippen LogP contribution in [0.5, 0.6) is 0 Å². The van der Waals surface area contributed by atoms with E-state index in [-0.39, 0.29) is 30.8 Å². The van der Waals surface area contributed by atoms with Gasteiger partial charge in [-0.05, 0) is 47.9 Å². The van der Waals surface area contributed by atoms with Gasteiger partial charge >= 0.3 is 12.1 Å². The molecule has 0 saturated carbocycles. The lowest BCUT2D eigenvalue weighted by atomic mass is 9.96. The third-order valence-electron chi connectivity index (χ3n) is 7.25. The molecule has 34 heavy (non-hydrogen) atoms. The highest BCUT2D eigenvalue weighted by Crippen LogP contribution is 2.44. The number of alkyl carbamates (subject to hydrolysis) is 1. The summed E-state index contributed by atoms with van der Waals surface area (Å²) in [6.45, 7) is 6.03. The van der Waals surface area contributed by atoms with Gasteiger partial charge in [-0.1, -0.05) is 62.4 Å². The van der Waals surface area contributed by atoms with Crippen LogP contribution in [0.1, 0.15) is 57.1 Å². The molecule has 180 valence electrons. The summed E-state index contributed by atoms with van der Waals surface area (Å²) in [5.41, 5.74) is 3.39. The van der Waals surface area contributed by atoms with Gasteiger partial charge in [-0.2, -0.15) is 0 Å². The van der Waals surface area contributed by atoms with E-state index < -0.39 is 23.6 Å². The number of carboxylic acids is 1. The summed E-state index contributed by atoms with van der Waals surface area (Å²) in [6.07, 6.45) is 0.543. The zero-order valence-electron chi connectivity index (χ0n) is 19.9. The van der Waals surface area contributed by atoms with Crippen molar-refractivity contribution < 1.29 is 24.2 Å². The average molecular weight is 465 g/mol. The SMILES string of the molecule is CC(C)C(CC(=O)N1CCC[C@]1(C)C(=O)O)NC(=O)OCC1c2ccccc2-c2ccccc21. The maximum Gasteiger partial charge on any atom is 0.407 e. The lowest BCUT2D eigenvalue weighted by Crippen LogP contribution is -2.52. The fourth-order valence-corrected chi connectivity index (χ4v) is 5.13. The van der Waals surface area contributed by atoms with Crippen molar-refractivity contribution in [1.82, 2.24) is 10.2 Å². The van der Waals surface area contributed by atoms with Crippen LogP contribution in [-0.4, -0.2) is 52.7 Å². The Morgan fingerprint density at radius 1 is 1.09 bits per heavy atom. The van der Waals surface area contributed by atoms with Crippen LogP contribution in [0, 0.1) is 5.92 Å². The predicted octanol–water partition coefficient (Wildman–Crippen LogP) is 4.41. The molecule has 1 heterocycles. The van der Waals surface area contributed by atoms with E-state index in [1.165, 1.54) is 4.90 Å². The highest BCUT2D eigenvalue weighted by atomic mass is 16.5. The van der Waals surface area contributed by atoms with Crippen LogP contribution in [0.25, 0.3) is 11.1 Å². The minimum Gasteiger partial charge on any atom is -0.480 e. The van der Waals surface area contributed by atoms with E-state index in [4.69, 9.17) is 4.74 Å². The van der Waals surface area contributed by atoms with Crippen molar-refractivity contribution in [3.63, 3.8) is 0 Å². The third kappa shape index (κ3) is 4.39. The fourth-order valence-electron chi connectivity index (χ4n) is 5.13. The molecule has 2 aliphatic rings. The Kier molecular flexibility index (Phi) is 6.64. The molecule has 4 rings (SSSR count). The van der Waals surface area contributed by atoms with Crippen molar-refractivity contribution in [2.45, 2.75) is 57.5 Å². The number of hydrogen-bond donors (Lipinski definition) is 2. The van der Waals surface area contributed by atoms with Crippen molar-refractivity contribution in [3.05, 3.63) is 59.7 Å². The molecular weight excluding hydrogens is 432 g/mol. The lowest BCUT2D eigenvalue weighted by molar-refractivity contribution is -0.155. The van der Waals surface area contributed by atoms with E-state index in [0.29, 0.717) is 19.4 Å². The van der Waals surface area contributed by atoms with Crippen molar-refractivity contribution in [2.24, 2.45) is 5.92 Å². The molecule has 0 bridgehead atoms. The molecule has 7 heteroatoms. The molecular formula is C27H32N2O5. The number of fused-ring (bicyclic) bond motifs is 3. The molecule has 2 amide bonds. The van der Waals surface area contributed by atoms with E-state index in [1.54, 1.807) is 6.92 Å². The summed E-state index contributed by atoms with van der Waals surface area (Å²) in [6, 6.07) is 15.8. The minimum absolute atomic E-state index is 0.0249. The molecule has 2 N–H and O–H groups in total. The van der Waals surface area contributed by atoms with E-state index in [9.17, 15) is 19.5 Å². The maximum absolute atomic E-state index is 13.0. The molecule has 2 aromatic carbocycles. The first-order valence-electron chi connectivity index (χ1n) is 11.9. The number of ether oxygens (including phenoxy) is 1.